The first-order valence-electron chi connectivity index (χ1n) is 8.13. The molecule has 0 radical (unpaired) electrons. The Morgan fingerprint density at radius 2 is 2.00 bits per heavy atom. The van der Waals surface area contributed by atoms with Crippen LogP contribution in [-0.4, -0.2) is 24.0 Å². The SMILES string of the molecule is CCCCN(CC(N)c1cc2ccccc2o1)C(C)CC. The third kappa shape index (κ3) is 4.08. The van der Waals surface area contributed by atoms with Crippen LogP contribution in [0.4, 0.5) is 0 Å². The van der Waals surface area contributed by atoms with Crippen LogP contribution in [0, 0.1) is 0 Å². The minimum absolute atomic E-state index is 0.0664. The van der Waals surface area contributed by atoms with E-state index in [2.05, 4.69) is 37.8 Å². The van der Waals surface area contributed by atoms with E-state index < -0.39 is 0 Å². The van der Waals surface area contributed by atoms with Gasteiger partial charge in [0.2, 0.25) is 0 Å². The third-order valence-electron chi connectivity index (χ3n) is 4.25. The van der Waals surface area contributed by atoms with Crippen molar-refractivity contribution in [1.82, 2.24) is 4.90 Å². The van der Waals surface area contributed by atoms with Crippen LogP contribution in [0.5, 0.6) is 0 Å². The lowest BCUT2D eigenvalue weighted by molar-refractivity contribution is 0.184. The van der Waals surface area contributed by atoms with Crippen LogP contribution >= 0.6 is 0 Å². The quantitative estimate of drug-likeness (QED) is 0.786. The Kier molecular flexibility index (Phi) is 5.83. The number of benzene rings is 1. The molecular formula is C18H28N2O. The summed E-state index contributed by atoms with van der Waals surface area (Å²) in [5.74, 6) is 0.890. The molecule has 0 spiro atoms. The third-order valence-corrected chi connectivity index (χ3v) is 4.25. The molecule has 0 aliphatic rings. The summed E-state index contributed by atoms with van der Waals surface area (Å²) in [6.07, 6.45) is 3.58. The molecule has 0 saturated heterocycles. The van der Waals surface area contributed by atoms with Crippen molar-refractivity contribution in [3.8, 4) is 0 Å². The number of unbranched alkanes of at least 4 members (excludes halogenated alkanes) is 1. The average Bonchev–Trinajstić information content (AvgIpc) is 2.94. The van der Waals surface area contributed by atoms with E-state index in [1.165, 1.54) is 12.8 Å². The molecule has 0 fully saturated rings. The second kappa shape index (κ2) is 7.62. The molecule has 1 heterocycles. The number of hydrogen-bond acceptors (Lipinski definition) is 3. The van der Waals surface area contributed by atoms with E-state index in [0.29, 0.717) is 6.04 Å². The topological polar surface area (TPSA) is 42.4 Å². The molecule has 1 aromatic heterocycles. The van der Waals surface area contributed by atoms with E-state index in [9.17, 15) is 0 Å². The smallest absolute Gasteiger partial charge is 0.134 e. The van der Waals surface area contributed by atoms with Gasteiger partial charge in [-0.1, -0.05) is 38.5 Å². The van der Waals surface area contributed by atoms with Crippen LogP contribution < -0.4 is 5.73 Å². The number of para-hydroxylation sites is 1. The monoisotopic (exact) mass is 288 g/mol. The highest BCUT2D eigenvalue weighted by atomic mass is 16.3. The van der Waals surface area contributed by atoms with E-state index >= 15 is 0 Å². The van der Waals surface area contributed by atoms with Gasteiger partial charge in [-0.25, -0.2) is 0 Å². The second-order valence-electron chi connectivity index (χ2n) is 5.90. The van der Waals surface area contributed by atoms with Crippen molar-refractivity contribution in [2.24, 2.45) is 5.73 Å². The number of hydrogen-bond donors (Lipinski definition) is 1. The van der Waals surface area contributed by atoms with E-state index in [1.807, 2.05) is 18.2 Å². The molecule has 2 N–H and O–H groups in total. The molecule has 21 heavy (non-hydrogen) atoms. The molecule has 0 saturated carbocycles. The van der Waals surface area contributed by atoms with E-state index in [4.69, 9.17) is 10.2 Å². The van der Waals surface area contributed by atoms with E-state index in [0.717, 1.165) is 36.2 Å². The Balaban J connectivity index is 2.08. The zero-order chi connectivity index (χ0) is 15.2. The molecule has 1 aromatic carbocycles. The van der Waals surface area contributed by atoms with Crippen molar-refractivity contribution in [1.29, 1.82) is 0 Å². The summed E-state index contributed by atoms with van der Waals surface area (Å²) in [5, 5.41) is 1.13. The first-order chi connectivity index (χ1) is 10.2. The van der Waals surface area contributed by atoms with Crippen LogP contribution in [0.2, 0.25) is 0 Å². The van der Waals surface area contributed by atoms with Gasteiger partial charge in [0, 0.05) is 18.0 Å². The maximum absolute atomic E-state index is 6.39. The molecule has 2 unspecified atom stereocenters. The molecule has 0 amide bonds. The van der Waals surface area contributed by atoms with E-state index in [-0.39, 0.29) is 6.04 Å². The first kappa shape index (κ1) is 16.1. The Bertz CT molecular complexity index is 516. The van der Waals surface area contributed by atoms with Gasteiger partial charge in [0.15, 0.2) is 0 Å². The van der Waals surface area contributed by atoms with Crippen molar-refractivity contribution in [2.75, 3.05) is 13.1 Å². The Morgan fingerprint density at radius 1 is 1.24 bits per heavy atom. The number of fused-ring (bicyclic) bond motifs is 1. The lowest BCUT2D eigenvalue weighted by Gasteiger charge is -2.30. The number of rotatable bonds is 8. The standard InChI is InChI=1S/C18H28N2O/c1-4-6-11-20(14(3)5-2)13-16(19)18-12-15-9-7-8-10-17(15)21-18/h7-10,12,14,16H,4-6,11,13,19H2,1-3H3. The lowest BCUT2D eigenvalue weighted by Crippen LogP contribution is -2.38. The zero-order valence-corrected chi connectivity index (χ0v) is 13.5. The molecule has 3 heteroatoms. The molecular weight excluding hydrogens is 260 g/mol. The summed E-state index contributed by atoms with van der Waals surface area (Å²) in [6, 6.07) is 10.7. The van der Waals surface area contributed by atoms with Gasteiger partial charge in [-0.2, -0.15) is 0 Å². The molecule has 0 aliphatic carbocycles. The maximum Gasteiger partial charge on any atom is 0.134 e. The van der Waals surface area contributed by atoms with Crippen LogP contribution in [0.3, 0.4) is 0 Å². The van der Waals surface area contributed by atoms with Gasteiger partial charge >= 0.3 is 0 Å². The molecule has 2 rings (SSSR count). The summed E-state index contributed by atoms with van der Waals surface area (Å²) in [4.78, 5) is 2.49. The highest BCUT2D eigenvalue weighted by molar-refractivity contribution is 5.77. The maximum atomic E-state index is 6.39. The fourth-order valence-corrected chi connectivity index (χ4v) is 2.64. The van der Waals surface area contributed by atoms with Crippen LogP contribution in [0.15, 0.2) is 34.7 Å². The van der Waals surface area contributed by atoms with Crippen LogP contribution in [-0.2, 0) is 0 Å². The molecule has 0 aliphatic heterocycles. The number of nitrogens with two attached hydrogens (primary N) is 1. The van der Waals surface area contributed by atoms with Gasteiger partial charge in [-0.3, -0.25) is 4.90 Å². The fraction of sp³-hybridized carbons (Fsp3) is 0.556. The summed E-state index contributed by atoms with van der Waals surface area (Å²) in [6.45, 7) is 8.71. The molecule has 2 atom stereocenters. The summed E-state index contributed by atoms with van der Waals surface area (Å²) in [5.41, 5.74) is 7.31. The molecule has 2 aromatic rings. The van der Waals surface area contributed by atoms with Crippen molar-refractivity contribution < 1.29 is 4.42 Å². The Labute approximate surface area is 128 Å². The lowest BCUT2D eigenvalue weighted by atomic mass is 10.1. The average molecular weight is 288 g/mol. The molecule has 3 nitrogen and oxygen atoms in total. The first-order valence-corrected chi connectivity index (χ1v) is 8.13. The van der Waals surface area contributed by atoms with Crippen molar-refractivity contribution >= 4 is 11.0 Å². The Hall–Kier alpha value is -1.32. The minimum atomic E-state index is -0.0664. The largest absolute Gasteiger partial charge is 0.459 e. The highest BCUT2D eigenvalue weighted by Crippen LogP contribution is 2.23. The van der Waals surface area contributed by atoms with Gasteiger partial charge in [0.1, 0.15) is 11.3 Å². The van der Waals surface area contributed by atoms with Crippen molar-refractivity contribution in [3.05, 3.63) is 36.1 Å². The van der Waals surface area contributed by atoms with Gasteiger partial charge in [-0.05, 0) is 38.4 Å². The highest BCUT2D eigenvalue weighted by Gasteiger charge is 2.19. The zero-order valence-electron chi connectivity index (χ0n) is 13.5. The Morgan fingerprint density at radius 3 is 2.67 bits per heavy atom. The van der Waals surface area contributed by atoms with Crippen LogP contribution in [0.1, 0.15) is 51.8 Å². The fourth-order valence-electron chi connectivity index (χ4n) is 2.64. The summed E-state index contributed by atoms with van der Waals surface area (Å²) >= 11 is 0. The summed E-state index contributed by atoms with van der Waals surface area (Å²) in [7, 11) is 0. The second-order valence-corrected chi connectivity index (χ2v) is 5.90. The predicted octanol–water partition coefficient (Wildman–Crippen LogP) is 4.33. The normalized spacial score (nSPS) is 14.7. The van der Waals surface area contributed by atoms with Gasteiger partial charge in [-0.15, -0.1) is 0 Å². The molecule has 0 bridgehead atoms. The van der Waals surface area contributed by atoms with Gasteiger partial charge in [0.05, 0.1) is 6.04 Å². The summed E-state index contributed by atoms with van der Waals surface area (Å²) < 4.78 is 5.90. The van der Waals surface area contributed by atoms with Gasteiger partial charge in [0.25, 0.3) is 0 Å². The van der Waals surface area contributed by atoms with Crippen molar-refractivity contribution in [2.45, 2.75) is 52.1 Å². The number of furan rings is 1. The minimum Gasteiger partial charge on any atom is -0.459 e. The molecule has 116 valence electrons. The van der Waals surface area contributed by atoms with E-state index in [1.54, 1.807) is 0 Å². The van der Waals surface area contributed by atoms with Crippen molar-refractivity contribution in [3.63, 3.8) is 0 Å². The number of nitrogens with zero attached hydrogens (tertiary/aromatic N) is 1. The van der Waals surface area contributed by atoms with Gasteiger partial charge < -0.3 is 10.2 Å². The van der Waals surface area contributed by atoms with Crippen LogP contribution in [0.25, 0.3) is 11.0 Å². The predicted molar refractivity (Wildman–Crippen MR) is 89.4 cm³/mol.